The SMILES string of the molecule is CCCCCNc1ccc(C(=O)Nc2cccc(C(F)(F)F)c2)nn1. The fourth-order valence-corrected chi connectivity index (χ4v) is 2.11. The lowest BCUT2D eigenvalue weighted by atomic mass is 10.2. The van der Waals surface area contributed by atoms with Crippen molar-refractivity contribution >= 4 is 17.4 Å². The van der Waals surface area contributed by atoms with Crippen LogP contribution in [0.25, 0.3) is 0 Å². The van der Waals surface area contributed by atoms with Crippen LogP contribution >= 0.6 is 0 Å². The van der Waals surface area contributed by atoms with E-state index in [1.807, 2.05) is 0 Å². The topological polar surface area (TPSA) is 66.9 Å². The molecule has 1 aromatic heterocycles. The monoisotopic (exact) mass is 352 g/mol. The van der Waals surface area contributed by atoms with E-state index in [0.29, 0.717) is 5.82 Å². The molecule has 2 aromatic rings. The molecule has 0 saturated carbocycles. The molecule has 1 aromatic carbocycles. The van der Waals surface area contributed by atoms with Gasteiger partial charge in [0.15, 0.2) is 5.69 Å². The number of halogens is 3. The first-order valence-electron chi connectivity index (χ1n) is 7.96. The second kappa shape index (κ2) is 8.46. The van der Waals surface area contributed by atoms with Crippen LogP contribution in [0.15, 0.2) is 36.4 Å². The molecular weight excluding hydrogens is 333 g/mol. The van der Waals surface area contributed by atoms with Crippen LogP contribution in [-0.4, -0.2) is 22.6 Å². The first kappa shape index (κ1) is 18.7. The van der Waals surface area contributed by atoms with Crippen molar-refractivity contribution in [1.29, 1.82) is 0 Å². The highest BCUT2D eigenvalue weighted by atomic mass is 19.4. The number of nitrogens with zero attached hydrogens (tertiary/aromatic N) is 2. The zero-order valence-corrected chi connectivity index (χ0v) is 13.7. The van der Waals surface area contributed by atoms with Gasteiger partial charge in [0.05, 0.1) is 5.56 Å². The maximum atomic E-state index is 12.7. The molecule has 0 atom stereocenters. The molecule has 134 valence electrons. The van der Waals surface area contributed by atoms with E-state index in [1.54, 1.807) is 6.07 Å². The predicted molar refractivity (Wildman–Crippen MR) is 89.4 cm³/mol. The molecule has 0 aliphatic heterocycles. The number of hydrogen-bond donors (Lipinski definition) is 2. The van der Waals surface area contributed by atoms with Crippen molar-refractivity contribution in [2.24, 2.45) is 0 Å². The Bertz CT molecular complexity index is 702. The van der Waals surface area contributed by atoms with Gasteiger partial charge < -0.3 is 10.6 Å². The highest BCUT2D eigenvalue weighted by Crippen LogP contribution is 2.30. The van der Waals surface area contributed by atoms with E-state index in [2.05, 4.69) is 27.8 Å². The van der Waals surface area contributed by atoms with E-state index in [0.717, 1.165) is 37.9 Å². The third-order valence-electron chi connectivity index (χ3n) is 3.43. The molecular formula is C17H19F3N4O. The second-order valence-corrected chi connectivity index (χ2v) is 5.47. The summed E-state index contributed by atoms with van der Waals surface area (Å²) in [7, 11) is 0. The Morgan fingerprint density at radius 1 is 1.12 bits per heavy atom. The molecule has 0 spiro atoms. The maximum absolute atomic E-state index is 12.7. The average molecular weight is 352 g/mol. The summed E-state index contributed by atoms with van der Waals surface area (Å²) in [6, 6.07) is 7.50. The van der Waals surface area contributed by atoms with Crippen LogP contribution in [-0.2, 0) is 6.18 Å². The van der Waals surface area contributed by atoms with Gasteiger partial charge >= 0.3 is 6.18 Å². The van der Waals surface area contributed by atoms with Gasteiger partial charge in [0, 0.05) is 12.2 Å². The zero-order chi connectivity index (χ0) is 18.3. The molecule has 0 saturated heterocycles. The van der Waals surface area contributed by atoms with Crippen LogP contribution in [0.2, 0.25) is 0 Å². The van der Waals surface area contributed by atoms with E-state index >= 15 is 0 Å². The summed E-state index contributed by atoms with van der Waals surface area (Å²) in [5.74, 6) is -0.0731. The van der Waals surface area contributed by atoms with Gasteiger partial charge in [-0.05, 0) is 36.8 Å². The Balaban J connectivity index is 1.97. The Labute approximate surface area is 143 Å². The lowest BCUT2D eigenvalue weighted by molar-refractivity contribution is -0.137. The minimum atomic E-state index is -4.47. The van der Waals surface area contributed by atoms with E-state index < -0.39 is 17.6 Å². The number of carbonyl (C=O) groups is 1. The molecule has 2 N–H and O–H groups in total. The van der Waals surface area contributed by atoms with Gasteiger partial charge in [-0.1, -0.05) is 25.8 Å². The quantitative estimate of drug-likeness (QED) is 0.727. The smallest absolute Gasteiger partial charge is 0.369 e. The van der Waals surface area contributed by atoms with Gasteiger partial charge in [-0.2, -0.15) is 13.2 Å². The highest BCUT2D eigenvalue weighted by molar-refractivity contribution is 6.02. The van der Waals surface area contributed by atoms with E-state index in [-0.39, 0.29) is 11.4 Å². The summed E-state index contributed by atoms with van der Waals surface area (Å²) < 4.78 is 38.0. The lowest BCUT2D eigenvalue weighted by Crippen LogP contribution is -2.15. The van der Waals surface area contributed by atoms with Crippen molar-refractivity contribution < 1.29 is 18.0 Å². The minimum Gasteiger partial charge on any atom is -0.369 e. The Kier molecular flexibility index (Phi) is 6.32. The van der Waals surface area contributed by atoms with Crippen molar-refractivity contribution in [3.63, 3.8) is 0 Å². The third-order valence-corrected chi connectivity index (χ3v) is 3.43. The van der Waals surface area contributed by atoms with Gasteiger partial charge in [0.25, 0.3) is 5.91 Å². The number of alkyl halides is 3. The normalized spacial score (nSPS) is 11.2. The summed E-state index contributed by atoms with van der Waals surface area (Å²) in [5, 5.41) is 13.2. The molecule has 0 aliphatic carbocycles. The Morgan fingerprint density at radius 3 is 2.56 bits per heavy atom. The van der Waals surface area contributed by atoms with Gasteiger partial charge in [0.2, 0.25) is 0 Å². The molecule has 0 bridgehead atoms. The van der Waals surface area contributed by atoms with E-state index in [9.17, 15) is 18.0 Å². The van der Waals surface area contributed by atoms with E-state index in [4.69, 9.17) is 0 Å². The molecule has 5 nitrogen and oxygen atoms in total. The second-order valence-electron chi connectivity index (χ2n) is 5.47. The number of carbonyl (C=O) groups excluding carboxylic acids is 1. The van der Waals surface area contributed by atoms with Crippen molar-refractivity contribution in [1.82, 2.24) is 10.2 Å². The maximum Gasteiger partial charge on any atom is 0.416 e. The Morgan fingerprint density at radius 2 is 1.92 bits per heavy atom. The molecule has 0 unspecified atom stereocenters. The van der Waals surface area contributed by atoms with Crippen molar-refractivity contribution in [3.8, 4) is 0 Å². The van der Waals surface area contributed by atoms with Crippen molar-refractivity contribution in [2.75, 3.05) is 17.2 Å². The predicted octanol–water partition coefficient (Wildman–Crippen LogP) is 4.35. The molecule has 25 heavy (non-hydrogen) atoms. The van der Waals surface area contributed by atoms with E-state index in [1.165, 1.54) is 18.2 Å². The number of aromatic nitrogens is 2. The summed E-state index contributed by atoms with van der Waals surface area (Å²) in [5.41, 5.74) is -0.761. The minimum absolute atomic E-state index is 0.0246. The van der Waals surface area contributed by atoms with Crippen LogP contribution in [0.3, 0.4) is 0 Å². The molecule has 0 aliphatic rings. The third kappa shape index (κ3) is 5.74. The number of hydrogen-bond acceptors (Lipinski definition) is 4. The number of nitrogens with one attached hydrogen (secondary N) is 2. The fraction of sp³-hybridized carbons (Fsp3) is 0.353. The molecule has 0 radical (unpaired) electrons. The van der Waals surface area contributed by atoms with Gasteiger partial charge in [-0.3, -0.25) is 4.79 Å². The van der Waals surface area contributed by atoms with Gasteiger partial charge in [-0.15, -0.1) is 10.2 Å². The molecule has 8 heteroatoms. The van der Waals surface area contributed by atoms with Crippen LogP contribution in [0.5, 0.6) is 0 Å². The van der Waals surface area contributed by atoms with Crippen LogP contribution in [0.1, 0.15) is 42.2 Å². The van der Waals surface area contributed by atoms with Crippen LogP contribution in [0.4, 0.5) is 24.7 Å². The summed E-state index contributed by atoms with van der Waals surface area (Å²) in [6.07, 6.45) is -1.23. The fourth-order valence-electron chi connectivity index (χ4n) is 2.11. The molecule has 0 fully saturated rings. The first-order valence-corrected chi connectivity index (χ1v) is 7.96. The van der Waals surface area contributed by atoms with Crippen LogP contribution in [0, 0.1) is 0 Å². The number of benzene rings is 1. The average Bonchev–Trinajstić information content (AvgIpc) is 2.59. The van der Waals surface area contributed by atoms with Crippen LogP contribution < -0.4 is 10.6 Å². The van der Waals surface area contributed by atoms with Gasteiger partial charge in [-0.25, -0.2) is 0 Å². The summed E-state index contributed by atoms with van der Waals surface area (Å²) in [6.45, 7) is 2.87. The number of rotatable bonds is 7. The summed E-state index contributed by atoms with van der Waals surface area (Å²) in [4.78, 5) is 12.1. The highest BCUT2D eigenvalue weighted by Gasteiger charge is 2.30. The first-order chi connectivity index (χ1) is 11.9. The molecule has 1 amide bonds. The zero-order valence-electron chi connectivity index (χ0n) is 13.7. The standard InChI is InChI=1S/C17H19F3N4O/c1-2-3-4-10-21-15-9-8-14(23-24-15)16(25)22-13-7-5-6-12(11-13)17(18,19)20/h5-9,11H,2-4,10H2,1H3,(H,21,24)(H,22,25). The lowest BCUT2D eigenvalue weighted by Gasteiger charge is -2.09. The van der Waals surface area contributed by atoms with Crippen molar-refractivity contribution in [3.05, 3.63) is 47.7 Å². The summed E-state index contributed by atoms with van der Waals surface area (Å²) >= 11 is 0. The van der Waals surface area contributed by atoms with Gasteiger partial charge in [0.1, 0.15) is 5.82 Å². The molecule has 1 heterocycles. The molecule has 2 rings (SSSR count). The number of amides is 1. The number of unbranched alkanes of at least 4 members (excludes halogenated alkanes) is 2. The largest absolute Gasteiger partial charge is 0.416 e. The Hall–Kier alpha value is -2.64. The van der Waals surface area contributed by atoms with Crippen molar-refractivity contribution in [2.45, 2.75) is 32.4 Å². The number of anilines is 2.